The van der Waals surface area contributed by atoms with Gasteiger partial charge < -0.3 is 0 Å². The Morgan fingerprint density at radius 1 is 0.611 bits per heavy atom. The second kappa shape index (κ2) is 12.0. The van der Waals surface area contributed by atoms with Crippen LogP contribution in [0.3, 0.4) is 0 Å². The highest BCUT2D eigenvalue weighted by atomic mass is 32.1. The summed E-state index contributed by atoms with van der Waals surface area (Å²) >= 11 is 31.4. The van der Waals surface area contributed by atoms with E-state index in [2.05, 4.69) is 88.4 Å². The zero-order valence-corrected chi connectivity index (χ0v) is 16.5. The van der Waals surface area contributed by atoms with Gasteiger partial charge in [-0.2, -0.15) is 88.4 Å². The van der Waals surface area contributed by atoms with Crippen LogP contribution < -0.4 is 0 Å². The van der Waals surface area contributed by atoms with E-state index in [1.165, 1.54) is 0 Å². The number of rotatable bonds is 10. The van der Waals surface area contributed by atoms with Gasteiger partial charge >= 0.3 is 0 Å². The molecule has 0 rings (SSSR count). The minimum absolute atomic E-state index is 0.154. The SMILES string of the molecule is SCCC(S)CC(S)C(S)C(S)CC(S)CCS. The monoisotopic (exact) mass is 380 g/mol. The summed E-state index contributed by atoms with van der Waals surface area (Å²) in [5.74, 6) is 1.72. The molecular formula is C11H24S7. The maximum absolute atomic E-state index is 4.65. The predicted molar refractivity (Wildman–Crippen MR) is 110 cm³/mol. The van der Waals surface area contributed by atoms with Gasteiger partial charge in [0.15, 0.2) is 0 Å². The molecule has 0 saturated carbocycles. The van der Waals surface area contributed by atoms with E-state index >= 15 is 0 Å². The molecule has 0 nitrogen and oxygen atoms in total. The van der Waals surface area contributed by atoms with Crippen LogP contribution in [0.25, 0.3) is 0 Å². The van der Waals surface area contributed by atoms with Gasteiger partial charge in [0.25, 0.3) is 0 Å². The Kier molecular flexibility index (Phi) is 13.7. The molecular weight excluding hydrogens is 357 g/mol. The van der Waals surface area contributed by atoms with Crippen molar-refractivity contribution in [2.45, 2.75) is 51.9 Å². The first-order valence-electron chi connectivity index (χ1n) is 6.04. The summed E-state index contributed by atoms with van der Waals surface area (Å²) in [4.78, 5) is 0. The van der Waals surface area contributed by atoms with Crippen molar-refractivity contribution in [3.63, 3.8) is 0 Å². The zero-order valence-electron chi connectivity index (χ0n) is 10.3. The fourth-order valence-electron chi connectivity index (χ4n) is 1.63. The molecule has 0 heterocycles. The molecule has 0 N–H and O–H groups in total. The van der Waals surface area contributed by atoms with Crippen LogP contribution in [-0.4, -0.2) is 37.8 Å². The van der Waals surface area contributed by atoms with Crippen molar-refractivity contribution in [2.75, 3.05) is 11.5 Å². The van der Waals surface area contributed by atoms with Gasteiger partial charge in [-0.25, -0.2) is 0 Å². The van der Waals surface area contributed by atoms with E-state index in [1.54, 1.807) is 0 Å². The third-order valence-electron chi connectivity index (χ3n) is 2.74. The molecule has 0 fully saturated rings. The van der Waals surface area contributed by atoms with Gasteiger partial charge in [-0.15, -0.1) is 0 Å². The van der Waals surface area contributed by atoms with Crippen LogP contribution in [0.2, 0.25) is 0 Å². The van der Waals surface area contributed by atoms with Crippen molar-refractivity contribution in [3.8, 4) is 0 Å². The van der Waals surface area contributed by atoms with Crippen molar-refractivity contribution in [1.29, 1.82) is 0 Å². The van der Waals surface area contributed by atoms with Crippen LogP contribution in [0.5, 0.6) is 0 Å². The largest absolute Gasteiger partial charge is 0.179 e. The maximum Gasteiger partial charge on any atom is 0.0250 e. The average molecular weight is 381 g/mol. The fraction of sp³-hybridized carbons (Fsp3) is 1.00. The summed E-state index contributed by atoms with van der Waals surface area (Å²) in [6.07, 6.45) is 3.86. The van der Waals surface area contributed by atoms with Crippen LogP contribution in [0.4, 0.5) is 0 Å². The molecule has 0 bridgehead atoms. The van der Waals surface area contributed by atoms with Crippen LogP contribution in [0.15, 0.2) is 0 Å². The Labute approximate surface area is 150 Å². The molecule has 0 spiro atoms. The number of hydrogen-bond acceptors (Lipinski definition) is 7. The average Bonchev–Trinajstić information content (AvgIpc) is 2.28. The molecule has 0 aromatic heterocycles. The molecule has 0 saturated heterocycles. The summed E-state index contributed by atoms with van der Waals surface area (Å²) in [6, 6.07) is 0. The Morgan fingerprint density at radius 2 is 0.944 bits per heavy atom. The topological polar surface area (TPSA) is 0 Å². The molecule has 4 unspecified atom stereocenters. The van der Waals surface area contributed by atoms with Crippen molar-refractivity contribution >= 4 is 88.4 Å². The van der Waals surface area contributed by atoms with E-state index in [9.17, 15) is 0 Å². The number of hydrogen-bond donors (Lipinski definition) is 7. The van der Waals surface area contributed by atoms with E-state index in [0.29, 0.717) is 10.5 Å². The lowest BCUT2D eigenvalue weighted by atomic mass is 10.0. The molecule has 0 aliphatic rings. The van der Waals surface area contributed by atoms with E-state index in [0.717, 1.165) is 37.2 Å². The second-order valence-corrected chi connectivity index (χ2v) is 8.71. The summed E-state index contributed by atoms with van der Waals surface area (Å²) in [7, 11) is 0. The molecule has 0 amide bonds. The lowest BCUT2D eigenvalue weighted by molar-refractivity contribution is 0.628. The van der Waals surface area contributed by atoms with Crippen LogP contribution in [-0.2, 0) is 0 Å². The standard InChI is InChI=1S/C11H24S7/c12-3-1-7(14)5-9(16)11(18)10(17)6-8(15)2-4-13/h7-18H,1-6H2. The van der Waals surface area contributed by atoms with Crippen molar-refractivity contribution in [3.05, 3.63) is 0 Å². The molecule has 4 atom stereocenters. The molecule has 0 aromatic carbocycles. The molecule has 110 valence electrons. The highest BCUT2D eigenvalue weighted by Gasteiger charge is 2.24. The normalized spacial score (nSPS) is 20.2. The summed E-state index contributed by atoms with van der Waals surface area (Å²) < 4.78 is 0. The summed E-state index contributed by atoms with van der Waals surface area (Å²) in [6.45, 7) is 0. The van der Waals surface area contributed by atoms with Crippen LogP contribution in [0.1, 0.15) is 25.7 Å². The van der Waals surface area contributed by atoms with Gasteiger partial charge in [0.1, 0.15) is 0 Å². The second-order valence-electron chi connectivity index (χ2n) is 4.43. The Balaban J connectivity index is 4.06. The van der Waals surface area contributed by atoms with Crippen LogP contribution in [0, 0.1) is 0 Å². The van der Waals surface area contributed by atoms with E-state index in [1.807, 2.05) is 0 Å². The summed E-state index contributed by atoms with van der Waals surface area (Å²) in [5.41, 5.74) is 0. The third-order valence-corrected chi connectivity index (χ3v) is 6.45. The summed E-state index contributed by atoms with van der Waals surface area (Å²) in [5, 5.41) is 1.24. The molecule has 0 aliphatic carbocycles. The number of thiol groups is 7. The molecule has 18 heavy (non-hydrogen) atoms. The quantitative estimate of drug-likeness (QED) is 0.275. The molecule has 0 aromatic rings. The lowest BCUT2D eigenvalue weighted by Gasteiger charge is -2.27. The third kappa shape index (κ3) is 9.40. The Morgan fingerprint density at radius 3 is 1.22 bits per heavy atom. The van der Waals surface area contributed by atoms with Gasteiger partial charge in [-0.05, 0) is 37.2 Å². The van der Waals surface area contributed by atoms with Gasteiger partial charge in [-0.3, -0.25) is 0 Å². The van der Waals surface area contributed by atoms with Crippen molar-refractivity contribution in [1.82, 2.24) is 0 Å². The van der Waals surface area contributed by atoms with Gasteiger partial charge in [0.05, 0.1) is 0 Å². The van der Waals surface area contributed by atoms with Gasteiger partial charge in [0.2, 0.25) is 0 Å². The van der Waals surface area contributed by atoms with E-state index in [4.69, 9.17) is 0 Å². The molecule has 0 aliphatic heterocycles. The first-order chi connectivity index (χ1) is 8.42. The van der Waals surface area contributed by atoms with E-state index in [-0.39, 0.29) is 15.7 Å². The molecule has 7 heteroatoms. The van der Waals surface area contributed by atoms with Crippen molar-refractivity contribution in [2.24, 2.45) is 0 Å². The minimum atomic E-state index is 0.154. The molecule has 0 radical (unpaired) electrons. The highest BCUT2D eigenvalue weighted by Crippen LogP contribution is 2.28. The van der Waals surface area contributed by atoms with Crippen LogP contribution >= 0.6 is 88.4 Å². The Bertz CT molecular complexity index is 182. The lowest BCUT2D eigenvalue weighted by Crippen LogP contribution is -2.30. The van der Waals surface area contributed by atoms with Crippen molar-refractivity contribution < 1.29 is 0 Å². The smallest absolute Gasteiger partial charge is 0.0250 e. The first-order valence-corrected chi connectivity index (χ1v) is 9.89. The van der Waals surface area contributed by atoms with E-state index < -0.39 is 0 Å². The highest BCUT2D eigenvalue weighted by molar-refractivity contribution is 7.87. The fourth-order valence-corrected chi connectivity index (χ4v) is 5.01. The van der Waals surface area contributed by atoms with Gasteiger partial charge in [0, 0.05) is 26.2 Å². The zero-order chi connectivity index (χ0) is 14.1. The predicted octanol–water partition coefficient (Wildman–Crippen LogP) is 3.90. The Hall–Kier alpha value is 2.45. The minimum Gasteiger partial charge on any atom is -0.179 e. The maximum atomic E-state index is 4.65. The van der Waals surface area contributed by atoms with Gasteiger partial charge in [-0.1, -0.05) is 0 Å². The first kappa shape index (κ1) is 20.5.